The summed E-state index contributed by atoms with van der Waals surface area (Å²) in [5, 5.41) is 2.89. The fourth-order valence-corrected chi connectivity index (χ4v) is 2.42. The van der Waals surface area contributed by atoms with Crippen LogP contribution in [0.3, 0.4) is 0 Å². The minimum Gasteiger partial charge on any atom is -0.320 e. The average molecular weight is 251 g/mol. The second kappa shape index (κ2) is 4.89. The van der Waals surface area contributed by atoms with Crippen LogP contribution >= 0.6 is 11.3 Å². The second-order valence-electron chi connectivity index (χ2n) is 3.97. The molecule has 17 heavy (non-hydrogen) atoms. The molecule has 0 radical (unpaired) electrons. The van der Waals surface area contributed by atoms with Gasteiger partial charge in [-0.3, -0.25) is 4.98 Å². The zero-order valence-electron chi connectivity index (χ0n) is 9.56. The van der Waals surface area contributed by atoms with Crippen molar-refractivity contribution in [2.45, 2.75) is 25.3 Å². The summed E-state index contributed by atoms with van der Waals surface area (Å²) in [6, 6.07) is 3.04. The Hall–Kier alpha value is -1.33. The number of nitrogens with two attached hydrogens (primary N) is 1. The van der Waals surface area contributed by atoms with Crippen LogP contribution in [0.5, 0.6) is 0 Å². The molecule has 2 aromatic heterocycles. The number of hydrogen-bond acceptors (Lipinski definition) is 4. The van der Waals surface area contributed by atoms with Crippen LogP contribution in [0, 0.1) is 5.82 Å². The highest BCUT2D eigenvalue weighted by molar-refractivity contribution is 7.09. The highest BCUT2D eigenvalue weighted by Gasteiger charge is 2.28. The third-order valence-electron chi connectivity index (χ3n) is 2.82. The van der Waals surface area contributed by atoms with E-state index in [4.69, 9.17) is 5.73 Å². The molecular weight excluding hydrogens is 237 g/mol. The van der Waals surface area contributed by atoms with Crippen molar-refractivity contribution in [3.63, 3.8) is 0 Å². The minimum absolute atomic E-state index is 0.346. The number of nitrogens with zero attached hydrogens (tertiary/aromatic N) is 2. The number of rotatable bonds is 4. The van der Waals surface area contributed by atoms with Crippen molar-refractivity contribution in [1.82, 2.24) is 9.97 Å². The van der Waals surface area contributed by atoms with Crippen LogP contribution in [0.4, 0.5) is 4.39 Å². The third kappa shape index (κ3) is 2.68. The van der Waals surface area contributed by atoms with Gasteiger partial charge in [-0.15, -0.1) is 11.3 Å². The van der Waals surface area contributed by atoms with Crippen molar-refractivity contribution >= 4 is 11.3 Å². The van der Waals surface area contributed by atoms with Crippen LogP contribution in [-0.4, -0.2) is 9.97 Å². The van der Waals surface area contributed by atoms with Gasteiger partial charge in [-0.1, -0.05) is 6.92 Å². The number of pyridine rings is 1. The smallest absolute Gasteiger partial charge is 0.141 e. The SMILES string of the molecule is CCC(N)(Cc1nccs1)c1ccc(F)cn1. The van der Waals surface area contributed by atoms with E-state index in [-0.39, 0.29) is 5.82 Å². The molecule has 2 rings (SSSR count). The molecule has 0 aromatic carbocycles. The van der Waals surface area contributed by atoms with Crippen LogP contribution in [0.1, 0.15) is 24.0 Å². The van der Waals surface area contributed by atoms with Gasteiger partial charge < -0.3 is 5.73 Å². The summed E-state index contributed by atoms with van der Waals surface area (Å²) in [7, 11) is 0. The molecule has 3 nitrogen and oxygen atoms in total. The molecule has 5 heteroatoms. The Bertz CT molecular complexity index is 469. The first-order chi connectivity index (χ1) is 8.14. The maximum Gasteiger partial charge on any atom is 0.141 e. The monoisotopic (exact) mass is 251 g/mol. The molecule has 0 aliphatic carbocycles. The standard InChI is InChI=1S/C12H14FN3S/c1-2-12(14,7-11-15-5-6-17-11)10-4-3-9(13)8-16-10/h3-6,8H,2,7,14H2,1H3. The van der Waals surface area contributed by atoms with Crippen molar-refractivity contribution in [2.24, 2.45) is 5.73 Å². The number of aromatic nitrogens is 2. The molecule has 0 amide bonds. The quantitative estimate of drug-likeness (QED) is 0.908. The van der Waals surface area contributed by atoms with E-state index in [0.29, 0.717) is 12.1 Å². The lowest BCUT2D eigenvalue weighted by molar-refractivity contribution is 0.410. The zero-order chi connectivity index (χ0) is 12.3. The fraction of sp³-hybridized carbons (Fsp3) is 0.333. The fourth-order valence-electron chi connectivity index (χ4n) is 1.68. The predicted octanol–water partition coefficient (Wildman–Crippen LogP) is 2.48. The van der Waals surface area contributed by atoms with Crippen molar-refractivity contribution < 1.29 is 4.39 Å². The number of halogens is 1. The summed E-state index contributed by atoms with van der Waals surface area (Å²) in [6.07, 6.45) is 4.31. The second-order valence-corrected chi connectivity index (χ2v) is 4.95. The molecule has 1 unspecified atom stereocenters. The molecule has 0 saturated carbocycles. The normalized spacial score (nSPS) is 14.5. The van der Waals surface area contributed by atoms with E-state index >= 15 is 0 Å². The molecule has 2 heterocycles. The van der Waals surface area contributed by atoms with Crippen molar-refractivity contribution in [3.05, 3.63) is 46.4 Å². The van der Waals surface area contributed by atoms with Crippen LogP contribution in [-0.2, 0) is 12.0 Å². The highest BCUT2D eigenvalue weighted by Crippen LogP contribution is 2.25. The Labute approximate surface area is 104 Å². The molecule has 90 valence electrons. The van der Waals surface area contributed by atoms with E-state index in [1.165, 1.54) is 12.3 Å². The maximum absolute atomic E-state index is 12.8. The topological polar surface area (TPSA) is 51.8 Å². The van der Waals surface area contributed by atoms with Crippen LogP contribution < -0.4 is 5.73 Å². The van der Waals surface area contributed by atoms with Gasteiger partial charge in [0.15, 0.2) is 0 Å². The van der Waals surface area contributed by atoms with Gasteiger partial charge in [0.1, 0.15) is 5.82 Å². The minimum atomic E-state index is -0.578. The van der Waals surface area contributed by atoms with Crippen molar-refractivity contribution in [2.75, 3.05) is 0 Å². The van der Waals surface area contributed by atoms with E-state index in [9.17, 15) is 4.39 Å². The molecule has 2 N–H and O–H groups in total. The summed E-state index contributed by atoms with van der Waals surface area (Å²) >= 11 is 1.57. The van der Waals surface area contributed by atoms with Crippen molar-refractivity contribution in [3.8, 4) is 0 Å². The Morgan fingerprint density at radius 2 is 2.24 bits per heavy atom. The van der Waals surface area contributed by atoms with Gasteiger partial charge >= 0.3 is 0 Å². The summed E-state index contributed by atoms with van der Waals surface area (Å²) in [6.45, 7) is 2.00. The van der Waals surface area contributed by atoms with E-state index in [2.05, 4.69) is 9.97 Å². The molecule has 0 fully saturated rings. The summed E-state index contributed by atoms with van der Waals surface area (Å²) in [5.74, 6) is -0.346. The van der Waals surface area contributed by atoms with E-state index in [0.717, 1.165) is 11.4 Å². The van der Waals surface area contributed by atoms with Gasteiger partial charge in [-0.25, -0.2) is 9.37 Å². The zero-order valence-corrected chi connectivity index (χ0v) is 10.4. The predicted molar refractivity (Wildman–Crippen MR) is 66.2 cm³/mol. The number of hydrogen-bond donors (Lipinski definition) is 1. The van der Waals surface area contributed by atoms with Gasteiger partial charge in [0.05, 0.1) is 22.4 Å². The van der Waals surface area contributed by atoms with E-state index < -0.39 is 5.54 Å². The molecule has 2 aromatic rings. The van der Waals surface area contributed by atoms with Gasteiger partial charge in [-0.2, -0.15) is 0 Å². The molecule has 0 aliphatic rings. The van der Waals surface area contributed by atoms with Gasteiger partial charge in [0.2, 0.25) is 0 Å². The molecular formula is C12H14FN3S. The molecule has 0 aliphatic heterocycles. The average Bonchev–Trinajstić information content (AvgIpc) is 2.82. The van der Waals surface area contributed by atoms with E-state index in [1.807, 2.05) is 12.3 Å². The Morgan fingerprint density at radius 3 is 2.76 bits per heavy atom. The number of thiazole rings is 1. The summed E-state index contributed by atoms with van der Waals surface area (Å²) in [4.78, 5) is 8.31. The Kier molecular flexibility index (Phi) is 3.49. The molecule has 0 saturated heterocycles. The summed E-state index contributed by atoms with van der Waals surface area (Å²) < 4.78 is 12.8. The third-order valence-corrected chi connectivity index (χ3v) is 3.60. The molecule has 1 atom stereocenters. The van der Waals surface area contributed by atoms with Gasteiger partial charge in [0, 0.05) is 18.0 Å². The first-order valence-corrected chi connectivity index (χ1v) is 6.31. The maximum atomic E-state index is 12.8. The highest BCUT2D eigenvalue weighted by atomic mass is 32.1. The Balaban J connectivity index is 2.27. The molecule has 0 spiro atoms. The first kappa shape index (κ1) is 12.1. The lowest BCUT2D eigenvalue weighted by Crippen LogP contribution is -2.39. The molecule has 0 bridgehead atoms. The Morgan fingerprint density at radius 1 is 1.41 bits per heavy atom. The largest absolute Gasteiger partial charge is 0.320 e. The van der Waals surface area contributed by atoms with Gasteiger partial charge in [-0.05, 0) is 18.6 Å². The van der Waals surface area contributed by atoms with Crippen molar-refractivity contribution in [1.29, 1.82) is 0 Å². The lowest BCUT2D eigenvalue weighted by atomic mass is 9.89. The van der Waals surface area contributed by atoms with Gasteiger partial charge in [0.25, 0.3) is 0 Å². The van der Waals surface area contributed by atoms with Crippen LogP contribution in [0.15, 0.2) is 29.9 Å². The van der Waals surface area contributed by atoms with E-state index in [1.54, 1.807) is 23.6 Å². The lowest BCUT2D eigenvalue weighted by Gasteiger charge is -2.26. The first-order valence-electron chi connectivity index (χ1n) is 5.43. The summed E-state index contributed by atoms with van der Waals surface area (Å²) in [5.41, 5.74) is 6.47. The van der Waals surface area contributed by atoms with Crippen LogP contribution in [0.2, 0.25) is 0 Å². The van der Waals surface area contributed by atoms with Crippen LogP contribution in [0.25, 0.3) is 0 Å².